The number of aliphatic hydroxyl groups excluding tert-OH is 1. The van der Waals surface area contributed by atoms with Gasteiger partial charge in [0.2, 0.25) is 5.91 Å². The van der Waals surface area contributed by atoms with Crippen LogP contribution in [-0.4, -0.2) is 83.3 Å². The Bertz CT molecular complexity index is 1620. The van der Waals surface area contributed by atoms with E-state index < -0.39 is 18.2 Å². The van der Waals surface area contributed by atoms with Gasteiger partial charge in [-0.15, -0.1) is 0 Å². The molecular formula is C34H39N5O6S. The molecule has 242 valence electrons. The predicted molar refractivity (Wildman–Crippen MR) is 174 cm³/mol. The van der Waals surface area contributed by atoms with Gasteiger partial charge in [0.05, 0.1) is 47.2 Å². The molecule has 2 N–H and O–H groups in total. The lowest BCUT2D eigenvalue weighted by Crippen LogP contribution is -2.50. The minimum Gasteiger partial charge on any atom is -0.443 e. The molecule has 2 amide bonds. The molecule has 0 saturated carbocycles. The van der Waals surface area contributed by atoms with Crippen molar-refractivity contribution in [1.29, 1.82) is 0 Å². The van der Waals surface area contributed by atoms with E-state index in [1.54, 1.807) is 18.1 Å². The zero-order chi connectivity index (χ0) is 32.0. The second-order valence-electron chi connectivity index (χ2n) is 11.8. The average molecular weight is 646 g/mol. The summed E-state index contributed by atoms with van der Waals surface area (Å²) in [5.41, 5.74) is 3.69. The quantitative estimate of drug-likeness (QED) is 0.234. The molecule has 4 aromatic rings. The lowest BCUT2D eigenvalue weighted by molar-refractivity contribution is -0.116. The van der Waals surface area contributed by atoms with Gasteiger partial charge in [-0.1, -0.05) is 53.8 Å². The smallest absolute Gasteiger partial charge is 0.407 e. The normalized spacial score (nSPS) is 20.4. The van der Waals surface area contributed by atoms with Crippen LogP contribution in [0.1, 0.15) is 30.2 Å². The molecule has 2 aliphatic rings. The van der Waals surface area contributed by atoms with Crippen molar-refractivity contribution in [2.24, 2.45) is 5.92 Å². The average Bonchev–Trinajstić information content (AvgIpc) is 3.78. The van der Waals surface area contributed by atoms with Gasteiger partial charge in [0.25, 0.3) is 0 Å². The molecule has 0 radical (unpaired) electrons. The summed E-state index contributed by atoms with van der Waals surface area (Å²) in [7, 11) is 1.72. The van der Waals surface area contributed by atoms with Gasteiger partial charge in [0.1, 0.15) is 6.10 Å². The SMILES string of the molecule is CC(=O)N(C)c1nc2ccc(CN(Cc3ccccn3)CC(O)C(Cc3ccccc3)NC(=O)OC3COC4OCCC34)cc2s1. The highest BCUT2D eigenvalue weighted by Crippen LogP contribution is 2.33. The maximum atomic E-state index is 13.2. The van der Waals surface area contributed by atoms with E-state index in [9.17, 15) is 14.7 Å². The number of aliphatic hydroxyl groups is 1. The van der Waals surface area contributed by atoms with Crippen LogP contribution in [0.5, 0.6) is 0 Å². The van der Waals surface area contributed by atoms with E-state index in [1.165, 1.54) is 18.3 Å². The van der Waals surface area contributed by atoms with E-state index in [0.29, 0.717) is 37.9 Å². The van der Waals surface area contributed by atoms with Gasteiger partial charge < -0.3 is 24.6 Å². The first-order valence-electron chi connectivity index (χ1n) is 15.5. The highest BCUT2D eigenvalue weighted by molar-refractivity contribution is 7.22. The van der Waals surface area contributed by atoms with E-state index in [4.69, 9.17) is 14.2 Å². The zero-order valence-electron chi connectivity index (χ0n) is 26.0. The number of hydrogen-bond donors (Lipinski definition) is 2. The summed E-state index contributed by atoms with van der Waals surface area (Å²) in [4.78, 5) is 37.9. The van der Waals surface area contributed by atoms with Crippen LogP contribution in [-0.2, 0) is 38.5 Å². The molecule has 2 aromatic heterocycles. The predicted octanol–water partition coefficient (Wildman–Crippen LogP) is 4.14. The Labute approximate surface area is 272 Å². The van der Waals surface area contributed by atoms with Crippen LogP contribution in [0, 0.1) is 5.92 Å². The summed E-state index contributed by atoms with van der Waals surface area (Å²) in [6.45, 7) is 3.67. The Hall–Kier alpha value is -3.94. The number of nitrogens with one attached hydrogen (secondary N) is 1. The number of aromatic nitrogens is 2. The summed E-state index contributed by atoms with van der Waals surface area (Å²) in [6, 6.07) is 21.0. The number of carbonyl (C=O) groups is 2. The molecule has 12 heteroatoms. The van der Waals surface area contributed by atoms with Crippen molar-refractivity contribution in [3.05, 3.63) is 89.7 Å². The molecule has 0 bridgehead atoms. The third-order valence-corrected chi connectivity index (χ3v) is 9.57. The van der Waals surface area contributed by atoms with Crippen LogP contribution >= 0.6 is 11.3 Å². The number of ether oxygens (including phenoxy) is 3. The van der Waals surface area contributed by atoms with Crippen LogP contribution < -0.4 is 10.2 Å². The first-order valence-corrected chi connectivity index (χ1v) is 16.3. The highest BCUT2D eigenvalue weighted by atomic mass is 32.1. The lowest BCUT2D eigenvalue weighted by atomic mass is 10.0. The van der Waals surface area contributed by atoms with E-state index >= 15 is 0 Å². The van der Waals surface area contributed by atoms with Crippen LogP contribution in [0.3, 0.4) is 0 Å². The molecule has 4 heterocycles. The molecule has 0 aliphatic carbocycles. The minimum atomic E-state index is -0.929. The number of alkyl carbamates (subject to hydrolysis) is 1. The maximum absolute atomic E-state index is 13.2. The lowest BCUT2D eigenvalue weighted by Gasteiger charge is -2.30. The molecule has 2 aliphatic heterocycles. The zero-order valence-corrected chi connectivity index (χ0v) is 26.8. The number of thiazole rings is 1. The maximum Gasteiger partial charge on any atom is 0.407 e. The van der Waals surface area contributed by atoms with Crippen molar-refractivity contribution in [2.75, 3.05) is 31.7 Å². The van der Waals surface area contributed by atoms with Crippen molar-refractivity contribution in [1.82, 2.24) is 20.2 Å². The van der Waals surface area contributed by atoms with Crippen LogP contribution in [0.15, 0.2) is 72.9 Å². The number of rotatable bonds is 12. The Morgan fingerprint density at radius 3 is 2.70 bits per heavy atom. The number of fused-ring (bicyclic) bond motifs is 2. The number of hydrogen-bond acceptors (Lipinski definition) is 10. The second-order valence-corrected chi connectivity index (χ2v) is 12.9. The van der Waals surface area contributed by atoms with Gasteiger partial charge in [-0.2, -0.15) is 0 Å². The summed E-state index contributed by atoms with van der Waals surface area (Å²) in [6.07, 6.45) is 0.728. The summed E-state index contributed by atoms with van der Waals surface area (Å²) < 4.78 is 18.0. The largest absolute Gasteiger partial charge is 0.443 e. The second kappa shape index (κ2) is 14.7. The molecule has 2 fully saturated rings. The first-order chi connectivity index (χ1) is 22.3. The van der Waals surface area contributed by atoms with E-state index in [0.717, 1.165) is 33.5 Å². The van der Waals surface area contributed by atoms with Crippen molar-refractivity contribution >= 4 is 38.7 Å². The summed E-state index contributed by atoms with van der Waals surface area (Å²) in [5, 5.41) is 15.3. The van der Waals surface area contributed by atoms with Gasteiger partial charge in [-0.05, 0) is 48.2 Å². The Balaban J connectivity index is 1.19. The number of anilines is 1. The molecule has 2 saturated heterocycles. The molecule has 2 aromatic carbocycles. The Morgan fingerprint density at radius 1 is 1.09 bits per heavy atom. The number of benzene rings is 2. The fourth-order valence-corrected chi connectivity index (χ4v) is 6.95. The number of pyridine rings is 1. The van der Waals surface area contributed by atoms with Gasteiger partial charge >= 0.3 is 6.09 Å². The van der Waals surface area contributed by atoms with Crippen molar-refractivity contribution in [2.45, 2.75) is 57.4 Å². The number of nitrogens with zero attached hydrogens (tertiary/aromatic N) is 4. The fourth-order valence-electron chi connectivity index (χ4n) is 5.91. The topological polar surface area (TPSA) is 126 Å². The molecule has 6 rings (SSSR count). The molecule has 5 atom stereocenters. The van der Waals surface area contributed by atoms with Crippen LogP contribution in [0.2, 0.25) is 0 Å². The van der Waals surface area contributed by atoms with E-state index in [-0.39, 0.29) is 30.8 Å². The monoisotopic (exact) mass is 645 g/mol. The number of carbonyl (C=O) groups excluding carboxylic acids is 2. The Kier molecular flexibility index (Phi) is 10.2. The molecular weight excluding hydrogens is 606 g/mol. The first kappa shape index (κ1) is 32.0. The third kappa shape index (κ3) is 7.88. The summed E-state index contributed by atoms with van der Waals surface area (Å²) in [5.74, 6) is -0.0578. The molecule has 11 nitrogen and oxygen atoms in total. The third-order valence-electron chi connectivity index (χ3n) is 8.47. The van der Waals surface area contributed by atoms with Crippen LogP contribution in [0.25, 0.3) is 10.2 Å². The van der Waals surface area contributed by atoms with Gasteiger partial charge in [-0.3, -0.25) is 19.6 Å². The van der Waals surface area contributed by atoms with E-state index in [2.05, 4.69) is 26.3 Å². The molecule has 46 heavy (non-hydrogen) atoms. The highest BCUT2D eigenvalue weighted by Gasteiger charge is 2.44. The molecule has 5 unspecified atom stereocenters. The number of amides is 2. The van der Waals surface area contributed by atoms with Gasteiger partial charge in [0.15, 0.2) is 11.4 Å². The van der Waals surface area contributed by atoms with Crippen molar-refractivity contribution < 1.29 is 28.9 Å². The Morgan fingerprint density at radius 2 is 1.91 bits per heavy atom. The molecule has 0 spiro atoms. The summed E-state index contributed by atoms with van der Waals surface area (Å²) >= 11 is 1.46. The van der Waals surface area contributed by atoms with E-state index in [1.807, 2.05) is 60.7 Å². The van der Waals surface area contributed by atoms with Crippen LogP contribution in [0.4, 0.5) is 9.93 Å². The van der Waals surface area contributed by atoms with Crippen molar-refractivity contribution in [3.63, 3.8) is 0 Å². The van der Waals surface area contributed by atoms with Gasteiger partial charge in [-0.25, -0.2) is 9.78 Å². The fraction of sp³-hybridized carbons (Fsp3) is 0.412. The van der Waals surface area contributed by atoms with Gasteiger partial charge in [0, 0.05) is 39.8 Å². The minimum absolute atomic E-state index is 0.0203. The standard InChI is InChI=1S/C34H39N5O6S/c1-22(40)38(2)33-36-27-12-11-24(17-31(27)46-33)18-39(19-25-10-6-7-14-35-25)20-29(41)28(16-23-8-4-3-5-9-23)37-34(42)45-30-21-44-32-26(30)13-15-43-32/h3-12,14,17,26,28-30,32,41H,13,15-16,18-21H2,1-2H3,(H,37,42). The van der Waals surface area contributed by atoms with Crippen molar-refractivity contribution in [3.8, 4) is 0 Å².